The number of aromatic carboxylic acids is 1. The highest BCUT2D eigenvalue weighted by atomic mass is 19.1. The first kappa shape index (κ1) is 11.1. The molecule has 17 heavy (non-hydrogen) atoms. The first-order valence-corrected chi connectivity index (χ1v) is 4.37. The smallest absolute Gasteiger partial charge is 0.399 e. The maximum Gasteiger partial charge on any atom is 0.399 e. The maximum absolute atomic E-state index is 12.8. The Morgan fingerprint density at radius 1 is 1.29 bits per heavy atom. The van der Waals surface area contributed by atoms with Gasteiger partial charge in [0.25, 0.3) is 0 Å². The van der Waals surface area contributed by atoms with Crippen molar-refractivity contribution in [3.63, 3.8) is 0 Å². The van der Waals surface area contributed by atoms with Crippen LogP contribution in [0.1, 0.15) is 10.5 Å². The Kier molecular flexibility index (Phi) is 2.73. The van der Waals surface area contributed by atoms with Gasteiger partial charge in [0.05, 0.1) is 0 Å². The van der Waals surface area contributed by atoms with E-state index in [0.717, 1.165) is 18.4 Å². The number of carboxylic acids is 1. The van der Waals surface area contributed by atoms with Crippen LogP contribution < -0.4 is 4.74 Å². The van der Waals surface area contributed by atoms with Crippen LogP contribution in [0.3, 0.4) is 0 Å². The van der Waals surface area contributed by atoms with Gasteiger partial charge in [0.15, 0.2) is 5.69 Å². The van der Waals surface area contributed by atoms with Gasteiger partial charge in [0.2, 0.25) is 0 Å². The Morgan fingerprint density at radius 2 is 1.94 bits per heavy atom. The van der Waals surface area contributed by atoms with Gasteiger partial charge in [0, 0.05) is 18.2 Å². The molecular weight excluding hydrogens is 236 g/mol. The van der Waals surface area contributed by atoms with Gasteiger partial charge in [-0.15, -0.1) is 0 Å². The summed E-state index contributed by atoms with van der Waals surface area (Å²) in [5, 5.41) is 8.55. The van der Waals surface area contributed by atoms with Crippen molar-refractivity contribution in [3.8, 4) is 11.8 Å². The summed E-state index contributed by atoms with van der Waals surface area (Å²) >= 11 is 0. The van der Waals surface area contributed by atoms with E-state index in [1.165, 1.54) is 0 Å². The second kappa shape index (κ2) is 4.20. The molecule has 0 amide bonds. The van der Waals surface area contributed by atoms with Crippen LogP contribution in [0.25, 0.3) is 0 Å². The van der Waals surface area contributed by atoms with Crippen LogP contribution in [0.5, 0.6) is 11.8 Å². The molecule has 0 aliphatic carbocycles. The summed E-state index contributed by atoms with van der Waals surface area (Å²) in [6.45, 7) is 0. The van der Waals surface area contributed by atoms with E-state index in [0.29, 0.717) is 6.07 Å². The zero-order valence-electron chi connectivity index (χ0n) is 8.18. The SMILES string of the molecule is O=C(O)c1coc(Oc2cc(F)cc(F)c2)n1. The van der Waals surface area contributed by atoms with Gasteiger partial charge in [-0.25, -0.2) is 13.6 Å². The van der Waals surface area contributed by atoms with E-state index < -0.39 is 23.7 Å². The topological polar surface area (TPSA) is 72.6 Å². The highest BCUT2D eigenvalue weighted by Gasteiger charge is 2.12. The summed E-state index contributed by atoms with van der Waals surface area (Å²) in [6, 6.07) is 2.49. The average molecular weight is 241 g/mol. The fraction of sp³-hybridized carbons (Fsp3) is 0. The number of hydrogen-bond donors (Lipinski definition) is 1. The summed E-state index contributed by atoms with van der Waals surface area (Å²) in [6.07, 6.45) is 0.445. The van der Waals surface area contributed by atoms with Crippen molar-refractivity contribution < 1.29 is 27.8 Å². The summed E-state index contributed by atoms with van der Waals surface area (Å²) in [4.78, 5) is 13.9. The minimum Gasteiger partial charge on any atom is -0.476 e. The maximum atomic E-state index is 12.8. The summed E-state index contributed by atoms with van der Waals surface area (Å²) in [7, 11) is 0. The third-order valence-electron chi connectivity index (χ3n) is 1.74. The van der Waals surface area contributed by atoms with E-state index in [4.69, 9.17) is 9.84 Å². The lowest BCUT2D eigenvalue weighted by Gasteiger charge is -2.00. The number of hydrogen-bond acceptors (Lipinski definition) is 4. The Morgan fingerprint density at radius 3 is 2.47 bits per heavy atom. The molecule has 0 radical (unpaired) electrons. The predicted octanol–water partition coefficient (Wildman–Crippen LogP) is 2.44. The highest BCUT2D eigenvalue weighted by molar-refractivity contribution is 5.84. The Bertz CT molecular complexity index is 547. The molecule has 2 rings (SSSR count). The third-order valence-corrected chi connectivity index (χ3v) is 1.74. The second-order valence-corrected chi connectivity index (χ2v) is 3.01. The van der Waals surface area contributed by atoms with Gasteiger partial charge in [0.1, 0.15) is 23.6 Å². The average Bonchev–Trinajstić information content (AvgIpc) is 2.64. The predicted molar refractivity (Wildman–Crippen MR) is 49.9 cm³/mol. The molecule has 0 atom stereocenters. The molecule has 1 aromatic carbocycles. The highest BCUT2D eigenvalue weighted by Crippen LogP contribution is 2.22. The molecule has 5 nitrogen and oxygen atoms in total. The molecule has 1 heterocycles. The van der Waals surface area contributed by atoms with Crippen molar-refractivity contribution in [3.05, 3.63) is 41.8 Å². The van der Waals surface area contributed by atoms with Crippen molar-refractivity contribution >= 4 is 5.97 Å². The Balaban J connectivity index is 2.22. The van der Waals surface area contributed by atoms with Gasteiger partial charge >= 0.3 is 12.0 Å². The number of oxazole rings is 1. The zero-order chi connectivity index (χ0) is 12.4. The molecule has 0 aliphatic rings. The van der Waals surface area contributed by atoms with Crippen molar-refractivity contribution in [1.29, 1.82) is 0 Å². The van der Waals surface area contributed by atoms with Crippen LogP contribution >= 0.6 is 0 Å². The second-order valence-electron chi connectivity index (χ2n) is 3.01. The molecule has 88 valence electrons. The molecule has 0 saturated heterocycles. The van der Waals surface area contributed by atoms with Crippen LogP contribution in [-0.4, -0.2) is 16.1 Å². The standard InChI is InChI=1S/C10H5F2NO4/c11-5-1-6(12)3-7(2-5)17-10-13-8(4-16-10)9(14)15/h1-4H,(H,14,15). The molecular formula is C10H5F2NO4. The fourth-order valence-corrected chi connectivity index (χ4v) is 1.09. The lowest BCUT2D eigenvalue weighted by atomic mass is 10.3. The lowest BCUT2D eigenvalue weighted by molar-refractivity contribution is 0.0690. The van der Waals surface area contributed by atoms with E-state index in [9.17, 15) is 13.6 Å². The number of benzene rings is 1. The van der Waals surface area contributed by atoms with E-state index >= 15 is 0 Å². The van der Waals surface area contributed by atoms with Gasteiger partial charge in [-0.05, 0) is 0 Å². The molecule has 1 N–H and O–H groups in total. The van der Waals surface area contributed by atoms with Gasteiger partial charge in [-0.2, -0.15) is 4.98 Å². The number of halogens is 2. The van der Waals surface area contributed by atoms with Crippen molar-refractivity contribution in [2.24, 2.45) is 0 Å². The molecule has 0 fully saturated rings. The molecule has 0 aliphatic heterocycles. The van der Waals surface area contributed by atoms with Crippen LogP contribution in [0.15, 0.2) is 28.9 Å². The van der Waals surface area contributed by atoms with Crippen molar-refractivity contribution in [1.82, 2.24) is 4.98 Å². The van der Waals surface area contributed by atoms with Crippen LogP contribution in [0.4, 0.5) is 8.78 Å². The van der Waals surface area contributed by atoms with Crippen molar-refractivity contribution in [2.45, 2.75) is 0 Å². The van der Waals surface area contributed by atoms with E-state index in [-0.39, 0.29) is 11.4 Å². The first-order valence-electron chi connectivity index (χ1n) is 4.37. The van der Waals surface area contributed by atoms with Crippen LogP contribution in [0, 0.1) is 11.6 Å². The number of ether oxygens (including phenoxy) is 1. The Labute approximate surface area is 93.3 Å². The van der Waals surface area contributed by atoms with E-state index in [1.54, 1.807) is 0 Å². The third kappa shape index (κ3) is 2.57. The molecule has 1 aromatic heterocycles. The normalized spacial score (nSPS) is 10.2. The van der Waals surface area contributed by atoms with E-state index in [2.05, 4.69) is 9.40 Å². The number of carboxylic acid groups (broad SMARTS) is 1. The molecule has 0 bridgehead atoms. The molecule has 7 heteroatoms. The minimum atomic E-state index is -1.30. The van der Waals surface area contributed by atoms with Gasteiger partial charge in [-0.3, -0.25) is 0 Å². The lowest BCUT2D eigenvalue weighted by Crippen LogP contribution is -1.96. The molecule has 2 aromatic rings. The zero-order valence-corrected chi connectivity index (χ0v) is 8.18. The Hall–Kier alpha value is -2.44. The summed E-state index contributed by atoms with van der Waals surface area (Å²) < 4.78 is 35.1. The summed E-state index contributed by atoms with van der Waals surface area (Å²) in [5.41, 5.74) is -0.364. The monoisotopic (exact) mass is 241 g/mol. The van der Waals surface area contributed by atoms with Crippen LogP contribution in [-0.2, 0) is 0 Å². The van der Waals surface area contributed by atoms with Gasteiger partial charge in [-0.1, -0.05) is 0 Å². The number of carbonyl (C=O) groups is 1. The quantitative estimate of drug-likeness (QED) is 0.893. The number of rotatable bonds is 3. The molecule has 0 saturated carbocycles. The summed E-state index contributed by atoms with van der Waals surface area (Å²) in [5.74, 6) is -3.13. The largest absolute Gasteiger partial charge is 0.476 e. The molecule has 0 unspecified atom stereocenters. The molecule has 0 spiro atoms. The van der Waals surface area contributed by atoms with Crippen molar-refractivity contribution in [2.75, 3.05) is 0 Å². The number of nitrogens with zero attached hydrogens (tertiary/aromatic N) is 1. The van der Waals surface area contributed by atoms with Crippen LogP contribution in [0.2, 0.25) is 0 Å². The van der Waals surface area contributed by atoms with Gasteiger partial charge < -0.3 is 14.3 Å². The fourth-order valence-electron chi connectivity index (χ4n) is 1.09. The minimum absolute atomic E-state index is 0.179. The van der Waals surface area contributed by atoms with E-state index in [1.807, 2.05) is 0 Å². The number of aromatic nitrogens is 1. The first-order chi connectivity index (χ1) is 8.04.